The van der Waals surface area contributed by atoms with Gasteiger partial charge in [0.2, 0.25) is 15.9 Å². The smallest absolute Gasteiger partial charge is 0.243 e. The standard InChI is InChI=1S/C18H22N6O3S/c1-4-24-14-6-5-9-20-16(14)22-17(24)18(2,3)23-28(26,27)13-8-7-12(21-11-13)10-15(19)25/h5-9,11,23H,4,10H2,1-3H3,(H2,19,25). The number of hydrogen-bond donors (Lipinski definition) is 2. The van der Waals surface area contributed by atoms with Gasteiger partial charge in [0.05, 0.1) is 17.5 Å². The van der Waals surface area contributed by atoms with Crippen LogP contribution in [0.1, 0.15) is 32.3 Å². The summed E-state index contributed by atoms with van der Waals surface area (Å²) in [7, 11) is -3.88. The number of nitrogens with one attached hydrogen (secondary N) is 1. The van der Waals surface area contributed by atoms with Crippen molar-refractivity contribution in [2.45, 2.75) is 44.2 Å². The van der Waals surface area contributed by atoms with Crippen LogP contribution in [0.2, 0.25) is 0 Å². The van der Waals surface area contributed by atoms with Crippen LogP contribution >= 0.6 is 0 Å². The number of nitrogens with zero attached hydrogens (tertiary/aromatic N) is 4. The van der Waals surface area contributed by atoms with Crippen molar-refractivity contribution in [1.29, 1.82) is 0 Å². The van der Waals surface area contributed by atoms with Crippen LogP contribution in [-0.4, -0.2) is 33.8 Å². The van der Waals surface area contributed by atoms with Crippen molar-refractivity contribution in [3.05, 3.63) is 48.2 Å². The maximum absolute atomic E-state index is 12.9. The Kier molecular flexibility index (Phi) is 5.18. The highest BCUT2D eigenvalue weighted by molar-refractivity contribution is 7.89. The van der Waals surface area contributed by atoms with Gasteiger partial charge in [-0.2, -0.15) is 4.72 Å². The number of nitrogens with two attached hydrogens (primary N) is 1. The molecule has 0 aliphatic carbocycles. The topological polar surface area (TPSA) is 133 Å². The van der Waals surface area contributed by atoms with Crippen molar-refractivity contribution < 1.29 is 13.2 Å². The zero-order valence-corrected chi connectivity index (χ0v) is 16.7. The number of aromatic nitrogens is 4. The molecule has 3 aromatic heterocycles. The van der Waals surface area contributed by atoms with Gasteiger partial charge in [-0.3, -0.25) is 9.78 Å². The number of primary amides is 1. The summed E-state index contributed by atoms with van der Waals surface area (Å²) in [5.41, 5.74) is 5.94. The predicted octanol–water partition coefficient (Wildman–Crippen LogP) is 1.09. The summed E-state index contributed by atoms with van der Waals surface area (Å²) in [5.74, 6) is 0.0278. The fourth-order valence-electron chi connectivity index (χ4n) is 3.05. The molecule has 0 atom stereocenters. The number of sulfonamides is 1. The summed E-state index contributed by atoms with van der Waals surface area (Å²) < 4.78 is 30.4. The molecule has 0 aromatic carbocycles. The van der Waals surface area contributed by atoms with Gasteiger partial charge in [0.25, 0.3) is 0 Å². The van der Waals surface area contributed by atoms with Crippen molar-refractivity contribution in [3.8, 4) is 0 Å². The van der Waals surface area contributed by atoms with Crippen LogP contribution in [-0.2, 0) is 33.3 Å². The minimum Gasteiger partial charge on any atom is -0.369 e. The molecule has 9 nitrogen and oxygen atoms in total. The normalized spacial score (nSPS) is 12.4. The molecule has 0 aliphatic heterocycles. The highest BCUT2D eigenvalue weighted by atomic mass is 32.2. The first-order chi connectivity index (χ1) is 13.1. The van der Waals surface area contributed by atoms with E-state index in [1.807, 2.05) is 23.6 Å². The maximum Gasteiger partial charge on any atom is 0.243 e. The van der Waals surface area contributed by atoms with Crippen LogP contribution in [0.15, 0.2) is 41.6 Å². The molecule has 0 spiro atoms. The van der Waals surface area contributed by atoms with Crippen LogP contribution in [0, 0.1) is 0 Å². The Hall–Kier alpha value is -2.85. The van der Waals surface area contributed by atoms with E-state index in [9.17, 15) is 13.2 Å². The number of aryl methyl sites for hydroxylation is 1. The third-order valence-corrected chi connectivity index (χ3v) is 5.89. The van der Waals surface area contributed by atoms with Crippen LogP contribution in [0.5, 0.6) is 0 Å². The van der Waals surface area contributed by atoms with Crippen LogP contribution in [0.4, 0.5) is 0 Å². The number of hydrogen-bond acceptors (Lipinski definition) is 6. The second-order valence-electron chi connectivity index (χ2n) is 6.88. The average Bonchev–Trinajstić information content (AvgIpc) is 3.00. The van der Waals surface area contributed by atoms with E-state index in [1.54, 1.807) is 20.0 Å². The minimum absolute atomic E-state index is 0.00826. The van der Waals surface area contributed by atoms with Crippen molar-refractivity contribution in [2.24, 2.45) is 5.73 Å². The molecule has 10 heteroatoms. The van der Waals surface area contributed by atoms with Crippen molar-refractivity contribution >= 4 is 27.1 Å². The molecule has 3 heterocycles. The average molecular weight is 402 g/mol. The summed E-state index contributed by atoms with van der Waals surface area (Å²) in [6.07, 6.45) is 2.81. The number of fused-ring (bicyclic) bond motifs is 1. The van der Waals surface area contributed by atoms with Gasteiger partial charge in [0, 0.05) is 24.6 Å². The number of rotatable bonds is 7. The molecule has 3 rings (SSSR count). The van der Waals surface area contributed by atoms with Gasteiger partial charge in [-0.1, -0.05) is 0 Å². The molecular weight excluding hydrogens is 380 g/mol. The largest absolute Gasteiger partial charge is 0.369 e. The van der Waals surface area contributed by atoms with Crippen molar-refractivity contribution in [1.82, 2.24) is 24.2 Å². The maximum atomic E-state index is 12.9. The SMILES string of the molecule is CCn1c(C(C)(C)NS(=O)(=O)c2ccc(CC(N)=O)nc2)nc2ncccc21. The second-order valence-corrected chi connectivity index (χ2v) is 8.57. The Balaban J connectivity index is 1.94. The van der Waals surface area contributed by atoms with Gasteiger partial charge in [0.1, 0.15) is 10.7 Å². The monoisotopic (exact) mass is 402 g/mol. The second kappa shape index (κ2) is 7.28. The first-order valence-corrected chi connectivity index (χ1v) is 10.2. The van der Waals surface area contributed by atoms with Crippen LogP contribution < -0.4 is 10.5 Å². The molecule has 148 valence electrons. The highest BCUT2D eigenvalue weighted by Gasteiger charge is 2.33. The van der Waals surface area contributed by atoms with Gasteiger partial charge in [-0.25, -0.2) is 18.4 Å². The quantitative estimate of drug-likeness (QED) is 0.608. The molecule has 28 heavy (non-hydrogen) atoms. The third-order valence-electron chi connectivity index (χ3n) is 4.25. The highest BCUT2D eigenvalue weighted by Crippen LogP contribution is 2.26. The van der Waals surface area contributed by atoms with E-state index in [4.69, 9.17) is 5.73 Å². The van der Waals surface area contributed by atoms with E-state index in [2.05, 4.69) is 19.7 Å². The first-order valence-electron chi connectivity index (χ1n) is 8.73. The zero-order valence-electron chi connectivity index (χ0n) is 15.9. The Bertz CT molecular complexity index is 1120. The van der Waals surface area contributed by atoms with E-state index in [1.165, 1.54) is 18.3 Å². The van der Waals surface area contributed by atoms with Crippen molar-refractivity contribution in [3.63, 3.8) is 0 Å². The lowest BCUT2D eigenvalue weighted by Gasteiger charge is -2.26. The lowest BCUT2D eigenvalue weighted by atomic mass is 10.1. The van der Waals surface area contributed by atoms with Crippen LogP contribution in [0.3, 0.4) is 0 Å². The molecule has 0 aliphatic rings. The lowest BCUT2D eigenvalue weighted by Crippen LogP contribution is -2.43. The van der Waals surface area contributed by atoms with Gasteiger partial charge in [0.15, 0.2) is 5.65 Å². The summed E-state index contributed by atoms with van der Waals surface area (Å²) in [6, 6.07) is 6.58. The third kappa shape index (κ3) is 3.87. The number of amides is 1. The first kappa shape index (κ1) is 19.9. The van der Waals surface area contributed by atoms with Gasteiger partial charge < -0.3 is 10.3 Å². The van der Waals surface area contributed by atoms with E-state index < -0.39 is 21.5 Å². The Labute approximate surface area is 163 Å². The summed E-state index contributed by atoms with van der Waals surface area (Å²) in [6.45, 7) is 6.06. The summed E-state index contributed by atoms with van der Waals surface area (Å²) in [5, 5.41) is 0. The number of imidazole rings is 1. The Morgan fingerprint density at radius 2 is 2.00 bits per heavy atom. The molecule has 1 amide bonds. The number of pyridine rings is 2. The zero-order chi connectivity index (χ0) is 20.5. The van der Waals surface area contributed by atoms with E-state index in [0.717, 1.165) is 5.52 Å². The lowest BCUT2D eigenvalue weighted by molar-refractivity contribution is -0.117. The molecule has 0 saturated heterocycles. The van der Waals surface area contributed by atoms with E-state index in [0.29, 0.717) is 23.7 Å². The predicted molar refractivity (Wildman–Crippen MR) is 104 cm³/mol. The fourth-order valence-corrected chi connectivity index (χ4v) is 4.37. The van der Waals surface area contributed by atoms with E-state index >= 15 is 0 Å². The molecular formula is C18H22N6O3S. The molecule has 0 unspecified atom stereocenters. The molecule has 0 bridgehead atoms. The fraction of sp³-hybridized carbons (Fsp3) is 0.333. The van der Waals surface area contributed by atoms with Crippen molar-refractivity contribution in [2.75, 3.05) is 0 Å². The summed E-state index contributed by atoms with van der Waals surface area (Å²) in [4.78, 5) is 23.8. The van der Waals surface area contributed by atoms with Crippen LogP contribution in [0.25, 0.3) is 11.2 Å². The molecule has 0 radical (unpaired) electrons. The molecule has 0 fully saturated rings. The van der Waals surface area contributed by atoms with Gasteiger partial charge in [-0.15, -0.1) is 0 Å². The Morgan fingerprint density at radius 1 is 1.25 bits per heavy atom. The Morgan fingerprint density at radius 3 is 2.61 bits per heavy atom. The van der Waals surface area contributed by atoms with Gasteiger partial charge >= 0.3 is 0 Å². The summed E-state index contributed by atoms with van der Waals surface area (Å²) >= 11 is 0. The molecule has 3 aromatic rings. The number of carbonyl (C=O) groups excluding carboxylic acids is 1. The number of carbonyl (C=O) groups is 1. The van der Waals surface area contributed by atoms with Gasteiger partial charge in [-0.05, 0) is 45.0 Å². The minimum atomic E-state index is -3.88. The molecule has 0 saturated carbocycles. The molecule has 3 N–H and O–H groups in total. The van der Waals surface area contributed by atoms with E-state index in [-0.39, 0.29) is 11.3 Å².